The Bertz CT molecular complexity index is 573. The zero-order valence-electron chi connectivity index (χ0n) is 11.3. The van der Waals surface area contributed by atoms with Crippen LogP contribution >= 0.6 is 0 Å². The number of hydrogen-bond donors (Lipinski definition) is 2. The zero-order valence-corrected chi connectivity index (χ0v) is 12.1. The van der Waals surface area contributed by atoms with Gasteiger partial charge >= 0.3 is 0 Å². The maximum Gasteiger partial charge on any atom is 0.258 e. The third-order valence-electron chi connectivity index (χ3n) is 2.41. The lowest BCUT2D eigenvalue weighted by Gasteiger charge is -2.07. The third-order valence-corrected chi connectivity index (χ3v) is 3.71. The number of nitrogens with one attached hydrogen (secondary N) is 2. The minimum absolute atomic E-state index is 0.362. The molecule has 2 rings (SSSR count). The van der Waals surface area contributed by atoms with Gasteiger partial charge in [-0.15, -0.1) is 0 Å². The Morgan fingerprint density at radius 3 is 2.75 bits per heavy atom. The summed E-state index contributed by atoms with van der Waals surface area (Å²) in [7, 11) is 0.899. The lowest BCUT2D eigenvalue weighted by Crippen LogP contribution is -2.16. The summed E-state index contributed by atoms with van der Waals surface area (Å²) in [4.78, 5) is 16.4. The molecule has 0 aliphatic rings. The van der Waals surface area contributed by atoms with Gasteiger partial charge in [0.15, 0.2) is 0 Å². The molecule has 2 aromatic rings. The monoisotopic (exact) mass is 296 g/mol. The lowest BCUT2D eigenvalue weighted by atomic mass is 10.7. The van der Waals surface area contributed by atoms with E-state index in [9.17, 15) is 4.21 Å². The van der Waals surface area contributed by atoms with E-state index in [-0.39, 0.29) is 0 Å². The number of nitrogens with zero attached hydrogens (tertiary/aromatic N) is 6. The van der Waals surface area contributed by atoms with Crippen LogP contribution in [0.3, 0.4) is 0 Å². The maximum absolute atomic E-state index is 11.4. The van der Waals surface area contributed by atoms with Gasteiger partial charge in [0.2, 0.25) is 11.9 Å². The molecule has 0 aliphatic heterocycles. The Labute approximate surface area is 118 Å². The maximum atomic E-state index is 11.4. The number of anilines is 2. The average molecular weight is 296 g/mol. The van der Waals surface area contributed by atoms with Gasteiger partial charge in [0.25, 0.3) is 5.95 Å². The predicted octanol–water partition coefficient (Wildman–Crippen LogP) is -0.326. The van der Waals surface area contributed by atoms with E-state index >= 15 is 0 Å². The van der Waals surface area contributed by atoms with Crippen molar-refractivity contribution < 1.29 is 4.21 Å². The van der Waals surface area contributed by atoms with E-state index in [0.29, 0.717) is 35.9 Å². The average Bonchev–Trinajstić information content (AvgIpc) is 3.01. The van der Waals surface area contributed by atoms with E-state index in [1.807, 2.05) is 6.92 Å². The fourth-order valence-electron chi connectivity index (χ4n) is 1.39. The van der Waals surface area contributed by atoms with Crippen molar-refractivity contribution in [2.24, 2.45) is 0 Å². The first kappa shape index (κ1) is 14.3. The highest BCUT2D eigenvalue weighted by Crippen LogP contribution is 2.07. The molecule has 0 aromatic carbocycles. The molecule has 0 aliphatic carbocycles. The van der Waals surface area contributed by atoms with Crippen LogP contribution < -0.4 is 10.6 Å². The molecule has 1 unspecified atom stereocenters. The molecule has 10 heteroatoms. The minimum atomic E-state index is -0.820. The molecule has 0 radical (unpaired) electrons. The summed E-state index contributed by atoms with van der Waals surface area (Å²) in [6.45, 7) is 2.42. The van der Waals surface area contributed by atoms with Crippen molar-refractivity contribution in [3.63, 3.8) is 0 Å². The van der Waals surface area contributed by atoms with Crippen LogP contribution in [0.5, 0.6) is 0 Å². The van der Waals surface area contributed by atoms with Crippen LogP contribution in [0.15, 0.2) is 12.7 Å². The smallest absolute Gasteiger partial charge is 0.258 e. The van der Waals surface area contributed by atoms with Crippen molar-refractivity contribution in [3.05, 3.63) is 12.7 Å². The van der Waals surface area contributed by atoms with Crippen LogP contribution in [0.25, 0.3) is 5.95 Å². The summed E-state index contributed by atoms with van der Waals surface area (Å²) in [6.07, 6.45) is 2.91. The third kappa shape index (κ3) is 3.70. The van der Waals surface area contributed by atoms with Crippen molar-refractivity contribution in [2.45, 2.75) is 6.92 Å². The molecule has 1 atom stereocenters. The highest BCUT2D eigenvalue weighted by atomic mass is 32.2. The normalized spacial score (nSPS) is 12.1. The highest BCUT2D eigenvalue weighted by molar-refractivity contribution is 7.84. The topological polar surface area (TPSA) is 111 Å². The summed E-state index contributed by atoms with van der Waals surface area (Å²) >= 11 is 0. The predicted molar refractivity (Wildman–Crippen MR) is 76.3 cm³/mol. The van der Waals surface area contributed by atoms with E-state index in [1.54, 1.807) is 7.05 Å². The second-order valence-corrected chi connectivity index (χ2v) is 5.60. The van der Waals surface area contributed by atoms with Gasteiger partial charge in [0.1, 0.15) is 12.7 Å². The van der Waals surface area contributed by atoms with E-state index < -0.39 is 10.8 Å². The van der Waals surface area contributed by atoms with Gasteiger partial charge < -0.3 is 10.6 Å². The summed E-state index contributed by atoms with van der Waals surface area (Å²) in [6, 6.07) is 0. The summed E-state index contributed by atoms with van der Waals surface area (Å²) in [5.41, 5.74) is 0. The second-order valence-electron chi connectivity index (χ2n) is 3.73. The molecular weight excluding hydrogens is 280 g/mol. The van der Waals surface area contributed by atoms with E-state index in [2.05, 4.69) is 35.7 Å². The largest absolute Gasteiger partial charge is 0.357 e. The van der Waals surface area contributed by atoms with E-state index in [0.717, 1.165) is 0 Å². The van der Waals surface area contributed by atoms with E-state index in [4.69, 9.17) is 0 Å². The van der Waals surface area contributed by atoms with Crippen LogP contribution in [0.4, 0.5) is 11.9 Å². The first-order valence-corrected chi connectivity index (χ1v) is 7.59. The van der Waals surface area contributed by atoms with Gasteiger partial charge in [0.05, 0.1) is 0 Å². The first-order chi connectivity index (χ1) is 9.72. The molecular formula is C10H16N8OS. The molecule has 0 amide bonds. The molecule has 2 aromatic heterocycles. The van der Waals surface area contributed by atoms with Crippen molar-refractivity contribution in [2.75, 3.05) is 35.7 Å². The van der Waals surface area contributed by atoms with Crippen molar-refractivity contribution in [1.29, 1.82) is 0 Å². The van der Waals surface area contributed by atoms with Gasteiger partial charge in [-0.1, -0.05) is 6.92 Å². The van der Waals surface area contributed by atoms with Crippen LogP contribution in [0.1, 0.15) is 6.92 Å². The van der Waals surface area contributed by atoms with Gasteiger partial charge in [-0.05, 0) is 0 Å². The van der Waals surface area contributed by atoms with Crippen LogP contribution in [-0.4, -0.2) is 59.0 Å². The molecule has 108 valence electrons. The standard InChI is InChI=1S/C10H16N8OS/c1-3-20(19)5-4-13-9-15-8(11-2)16-10(17-9)18-7-12-6-14-18/h6-7H,3-5H2,1-2H3,(H2,11,13,15,16,17). The van der Waals surface area contributed by atoms with Gasteiger partial charge in [-0.3, -0.25) is 4.21 Å². The Morgan fingerprint density at radius 1 is 1.30 bits per heavy atom. The Kier molecular flexibility index (Phi) is 4.93. The van der Waals surface area contributed by atoms with Crippen LogP contribution in [0.2, 0.25) is 0 Å². The molecule has 2 N–H and O–H groups in total. The van der Waals surface area contributed by atoms with Gasteiger partial charge in [-0.25, -0.2) is 4.98 Å². The Balaban J connectivity index is 2.12. The summed E-state index contributed by atoms with van der Waals surface area (Å²) < 4.78 is 12.8. The Hall–Kier alpha value is -2.10. The van der Waals surface area contributed by atoms with Crippen molar-refractivity contribution >= 4 is 22.7 Å². The number of aromatic nitrogens is 6. The lowest BCUT2D eigenvalue weighted by molar-refractivity contribution is 0.684. The fourth-order valence-corrected chi connectivity index (χ4v) is 2.01. The quantitative estimate of drug-likeness (QED) is 0.715. The summed E-state index contributed by atoms with van der Waals surface area (Å²) in [5.74, 6) is 2.38. The molecule has 0 fully saturated rings. The number of rotatable bonds is 7. The van der Waals surface area contributed by atoms with Gasteiger partial charge in [0, 0.05) is 35.9 Å². The second kappa shape index (κ2) is 6.89. The Morgan fingerprint density at radius 2 is 2.10 bits per heavy atom. The highest BCUT2D eigenvalue weighted by Gasteiger charge is 2.08. The fraction of sp³-hybridized carbons (Fsp3) is 0.500. The molecule has 0 bridgehead atoms. The molecule has 0 saturated heterocycles. The van der Waals surface area contributed by atoms with Crippen molar-refractivity contribution in [3.8, 4) is 5.95 Å². The van der Waals surface area contributed by atoms with Gasteiger partial charge in [-0.2, -0.15) is 24.7 Å². The molecule has 0 saturated carbocycles. The van der Waals surface area contributed by atoms with E-state index in [1.165, 1.54) is 17.3 Å². The summed E-state index contributed by atoms with van der Waals surface area (Å²) in [5, 5.41) is 9.86. The first-order valence-electron chi connectivity index (χ1n) is 6.10. The zero-order chi connectivity index (χ0) is 14.4. The molecule has 2 heterocycles. The van der Waals surface area contributed by atoms with Crippen LogP contribution in [0, 0.1) is 0 Å². The minimum Gasteiger partial charge on any atom is -0.357 e. The SMILES string of the molecule is CCS(=O)CCNc1nc(NC)nc(-n2cncn2)n1. The van der Waals surface area contributed by atoms with Crippen LogP contribution in [-0.2, 0) is 10.8 Å². The molecule has 0 spiro atoms. The molecule has 9 nitrogen and oxygen atoms in total. The number of hydrogen-bond acceptors (Lipinski definition) is 8. The van der Waals surface area contributed by atoms with Crippen molar-refractivity contribution in [1.82, 2.24) is 29.7 Å². The molecule has 20 heavy (non-hydrogen) atoms.